The zero-order chi connectivity index (χ0) is 43.7. The number of aromatic amines is 2. The van der Waals surface area contributed by atoms with Gasteiger partial charge in [-0.2, -0.15) is 5.10 Å². The van der Waals surface area contributed by atoms with Gasteiger partial charge in [0.05, 0.1) is 59.0 Å². The molecule has 6 aromatic rings. The second-order valence-corrected chi connectivity index (χ2v) is 18.4. The number of ether oxygens (including phenoxy) is 2. The van der Waals surface area contributed by atoms with Crippen molar-refractivity contribution in [2.75, 3.05) is 27.3 Å². The Morgan fingerprint density at radius 1 is 0.710 bits per heavy atom. The van der Waals surface area contributed by atoms with Gasteiger partial charge in [-0.05, 0) is 60.3 Å². The van der Waals surface area contributed by atoms with Gasteiger partial charge in [0.2, 0.25) is 11.8 Å². The second kappa shape index (κ2) is 18.2. The molecule has 62 heavy (non-hydrogen) atoms. The lowest BCUT2D eigenvalue weighted by Gasteiger charge is -2.30. The highest BCUT2D eigenvalue weighted by atomic mass is 32.1. The predicted molar refractivity (Wildman–Crippen MR) is 241 cm³/mol. The van der Waals surface area contributed by atoms with Crippen molar-refractivity contribution in [1.29, 1.82) is 0 Å². The van der Waals surface area contributed by atoms with Gasteiger partial charge >= 0.3 is 12.2 Å². The molecule has 6 heterocycles. The Bertz CT molecular complexity index is 2380. The Morgan fingerprint density at radius 2 is 1.19 bits per heavy atom. The number of aromatic nitrogens is 4. The van der Waals surface area contributed by atoms with Crippen molar-refractivity contribution in [3.05, 3.63) is 83.1 Å². The van der Waals surface area contributed by atoms with Gasteiger partial charge in [-0.1, -0.05) is 76.2 Å². The zero-order valence-corrected chi connectivity index (χ0v) is 37.3. The van der Waals surface area contributed by atoms with Crippen LogP contribution in [0.5, 0.6) is 0 Å². The molecule has 324 valence electrons. The van der Waals surface area contributed by atoms with Gasteiger partial charge in [0, 0.05) is 40.5 Å². The van der Waals surface area contributed by atoms with Gasteiger partial charge < -0.3 is 34.9 Å². The molecule has 4 unspecified atom stereocenters. The summed E-state index contributed by atoms with van der Waals surface area (Å²) >= 11 is 3.49. The number of alkyl carbamates (subject to hydrolysis) is 2. The number of methoxy groups -OCH3 is 2. The van der Waals surface area contributed by atoms with Gasteiger partial charge in [0.15, 0.2) is 0 Å². The SMILES string of the molecule is COC(=O)NC(C(=O)N1CCCC1c1cc(-c2ccc(-c3csc4c(-c5ccc(-c6cnc(C7CCCN7C(=O)C(NC(=O)OC)C(C)C)[nH]6)cc5)csc34)cc2)n[nH]1)C(C)C. The maximum absolute atomic E-state index is 13.6. The first kappa shape index (κ1) is 42.7. The van der Waals surface area contributed by atoms with Crippen molar-refractivity contribution in [3.8, 4) is 44.8 Å². The van der Waals surface area contributed by atoms with Gasteiger partial charge in [-0.15, -0.1) is 22.7 Å². The standard InChI is InChI=1S/C46H52N8O6S2/c1-25(2)38(49-45(57)59-5)43(55)53-19-7-9-36(53)34-21-33(51-52-34)29-15-11-27(12-16-29)31-23-61-41-32(24-62-40(31)41)28-13-17-30(18-14-28)35-22-47-42(48-35)37-10-8-20-54(37)44(56)39(26(3)4)50-46(58)60-6/h11-18,21-26,36-39H,7-10,19-20H2,1-6H3,(H,47,48)(H,49,57)(H,50,58)(H,51,52). The molecule has 0 bridgehead atoms. The molecule has 16 heteroatoms. The predicted octanol–water partition coefficient (Wildman–Crippen LogP) is 9.17. The number of carbonyl (C=O) groups excluding carboxylic acids is 4. The number of fused-ring (bicyclic) bond motifs is 1. The number of H-pyrrole nitrogens is 2. The van der Waals surface area contributed by atoms with E-state index in [0.29, 0.717) is 13.1 Å². The maximum Gasteiger partial charge on any atom is 0.407 e. The molecule has 2 aromatic carbocycles. The highest BCUT2D eigenvalue weighted by Gasteiger charge is 2.39. The van der Waals surface area contributed by atoms with Gasteiger partial charge in [0.1, 0.15) is 17.9 Å². The minimum Gasteiger partial charge on any atom is -0.453 e. The number of benzene rings is 2. The van der Waals surface area contributed by atoms with Crippen molar-refractivity contribution in [2.45, 2.75) is 77.5 Å². The van der Waals surface area contributed by atoms with Gasteiger partial charge in [-0.3, -0.25) is 14.7 Å². The van der Waals surface area contributed by atoms with Crippen LogP contribution >= 0.6 is 22.7 Å². The van der Waals surface area contributed by atoms with E-state index in [-0.39, 0.29) is 35.7 Å². The summed E-state index contributed by atoms with van der Waals surface area (Å²) in [5.74, 6) is 0.281. The molecule has 2 fully saturated rings. The fourth-order valence-electron chi connectivity index (χ4n) is 8.60. The van der Waals surface area contributed by atoms with E-state index in [2.05, 4.69) is 85.1 Å². The number of nitrogens with zero attached hydrogens (tertiary/aromatic N) is 4. The summed E-state index contributed by atoms with van der Waals surface area (Å²) in [5, 5.41) is 17.7. The summed E-state index contributed by atoms with van der Waals surface area (Å²) in [7, 11) is 2.59. The van der Waals surface area contributed by atoms with Gasteiger partial charge in [-0.25, -0.2) is 14.6 Å². The fourth-order valence-corrected chi connectivity index (χ4v) is 11.1. The molecule has 8 rings (SSSR count). The number of carbonyl (C=O) groups is 4. The Kier molecular flexibility index (Phi) is 12.5. The number of nitrogens with one attached hydrogen (secondary N) is 4. The lowest BCUT2D eigenvalue weighted by molar-refractivity contribution is -0.136. The largest absolute Gasteiger partial charge is 0.453 e. The second-order valence-electron chi connectivity index (χ2n) is 16.6. The zero-order valence-electron chi connectivity index (χ0n) is 35.7. The third kappa shape index (κ3) is 8.45. The summed E-state index contributed by atoms with van der Waals surface area (Å²) in [5.41, 5.74) is 9.18. The summed E-state index contributed by atoms with van der Waals surface area (Å²) in [6.45, 7) is 8.85. The van der Waals surface area contributed by atoms with Gasteiger partial charge in [0.25, 0.3) is 0 Å². The van der Waals surface area contributed by atoms with Crippen molar-refractivity contribution in [3.63, 3.8) is 0 Å². The summed E-state index contributed by atoms with van der Waals surface area (Å²) in [6.07, 6.45) is 3.91. The number of likely N-dealkylation sites (tertiary alicyclic amines) is 2. The molecule has 4 aromatic heterocycles. The van der Waals surface area contributed by atoms with Crippen LogP contribution in [0.1, 0.15) is 77.0 Å². The van der Waals surface area contributed by atoms with Crippen LogP contribution in [0.15, 0.2) is 71.6 Å². The Labute approximate surface area is 368 Å². The van der Waals surface area contributed by atoms with E-state index in [0.717, 1.165) is 70.8 Å². The average Bonchev–Trinajstić information content (AvgIpc) is 4.14. The quantitative estimate of drug-likeness (QED) is 0.0942. The van der Waals surface area contributed by atoms with E-state index in [1.165, 1.54) is 34.7 Å². The molecule has 2 aliphatic heterocycles. The number of amides is 4. The van der Waals surface area contributed by atoms with E-state index in [1.54, 1.807) is 22.7 Å². The first-order valence-corrected chi connectivity index (χ1v) is 22.8. The topological polar surface area (TPSA) is 175 Å². The normalized spacial score (nSPS) is 17.5. The lowest BCUT2D eigenvalue weighted by Crippen LogP contribution is -2.51. The van der Waals surface area contributed by atoms with Crippen LogP contribution in [0, 0.1) is 11.8 Å². The van der Waals surface area contributed by atoms with Crippen LogP contribution in [-0.2, 0) is 19.1 Å². The third-order valence-corrected chi connectivity index (χ3v) is 14.2. The van der Waals surface area contributed by atoms with E-state index in [4.69, 9.17) is 14.5 Å². The maximum atomic E-state index is 13.6. The molecular formula is C46H52N8O6S2. The molecule has 2 aliphatic rings. The molecule has 0 aliphatic carbocycles. The molecule has 4 N–H and O–H groups in total. The van der Waals surface area contributed by atoms with Crippen LogP contribution in [-0.4, -0.2) is 93.4 Å². The summed E-state index contributed by atoms with van der Waals surface area (Å²) in [4.78, 5) is 63.0. The molecule has 14 nitrogen and oxygen atoms in total. The molecule has 4 amide bonds. The first-order valence-electron chi connectivity index (χ1n) is 21.1. The molecule has 4 atom stereocenters. The number of rotatable bonds is 12. The van der Waals surface area contributed by atoms with Crippen molar-refractivity contribution in [1.82, 2.24) is 40.6 Å². The molecule has 0 radical (unpaired) electrons. The van der Waals surface area contributed by atoms with E-state index >= 15 is 0 Å². The smallest absolute Gasteiger partial charge is 0.407 e. The number of hydrogen-bond donors (Lipinski definition) is 4. The van der Waals surface area contributed by atoms with Crippen LogP contribution < -0.4 is 10.6 Å². The minimum atomic E-state index is -0.685. The van der Waals surface area contributed by atoms with Crippen LogP contribution in [0.3, 0.4) is 0 Å². The van der Waals surface area contributed by atoms with Crippen LogP contribution in [0.4, 0.5) is 9.59 Å². The Balaban J connectivity index is 0.937. The Morgan fingerprint density at radius 3 is 1.71 bits per heavy atom. The molecule has 0 spiro atoms. The molecular weight excluding hydrogens is 825 g/mol. The van der Waals surface area contributed by atoms with E-state index in [9.17, 15) is 19.2 Å². The highest BCUT2D eigenvalue weighted by Crippen LogP contribution is 2.45. The van der Waals surface area contributed by atoms with Crippen molar-refractivity contribution in [2.24, 2.45) is 11.8 Å². The van der Waals surface area contributed by atoms with Crippen LogP contribution in [0.2, 0.25) is 0 Å². The lowest BCUT2D eigenvalue weighted by atomic mass is 10.0. The number of imidazole rings is 1. The van der Waals surface area contributed by atoms with Crippen molar-refractivity contribution < 1.29 is 28.7 Å². The van der Waals surface area contributed by atoms with E-state index < -0.39 is 24.3 Å². The minimum absolute atomic E-state index is 0.0978. The molecule has 0 saturated carbocycles. The van der Waals surface area contributed by atoms with Crippen molar-refractivity contribution >= 4 is 56.1 Å². The summed E-state index contributed by atoms with van der Waals surface area (Å²) < 4.78 is 12.0. The Hall–Kier alpha value is -6.00. The monoisotopic (exact) mass is 876 g/mol. The molecule has 2 saturated heterocycles. The fraction of sp³-hybridized carbons (Fsp3) is 0.391. The highest BCUT2D eigenvalue weighted by molar-refractivity contribution is 7.27. The van der Waals surface area contributed by atoms with E-state index in [1.807, 2.05) is 49.8 Å². The number of thiophene rings is 2. The third-order valence-electron chi connectivity index (χ3n) is 12.0. The summed E-state index contributed by atoms with van der Waals surface area (Å²) in [6, 6.07) is 17.2. The number of hydrogen-bond acceptors (Lipinski definition) is 10. The first-order chi connectivity index (χ1) is 29.9. The average molecular weight is 877 g/mol. The van der Waals surface area contributed by atoms with Crippen LogP contribution in [0.25, 0.3) is 54.2 Å².